The summed E-state index contributed by atoms with van der Waals surface area (Å²) in [5.74, 6) is 0.0296. The molecule has 6 nitrogen and oxygen atoms in total. The van der Waals surface area contributed by atoms with Crippen molar-refractivity contribution in [2.75, 3.05) is 18.8 Å². The third-order valence-electron chi connectivity index (χ3n) is 6.43. The Kier molecular flexibility index (Phi) is 7.17. The zero-order valence-corrected chi connectivity index (χ0v) is 20.8. The Bertz CT molecular complexity index is 1440. The van der Waals surface area contributed by atoms with E-state index in [1.54, 1.807) is 41.3 Å². The molecule has 0 N–H and O–H groups in total. The SMILES string of the molecule is Cl.O=C(CCS(=O)(=O)c1ccc2cc(Cl)ccc2c1)N1CCC(c2cnc3ccccn23)CC1. The average Bonchev–Trinajstić information content (AvgIpc) is 3.26. The lowest BCUT2D eigenvalue weighted by Crippen LogP contribution is -2.38. The lowest BCUT2D eigenvalue weighted by Gasteiger charge is -2.32. The van der Waals surface area contributed by atoms with E-state index in [4.69, 9.17) is 11.6 Å². The molecule has 1 saturated heterocycles. The van der Waals surface area contributed by atoms with E-state index in [-0.39, 0.29) is 35.4 Å². The molecule has 1 aliphatic rings. The smallest absolute Gasteiger partial charge is 0.223 e. The number of aromatic nitrogens is 2. The van der Waals surface area contributed by atoms with Gasteiger partial charge in [0.1, 0.15) is 5.65 Å². The Morgan fingerprint density at radius 1 is 1.03 bits per heavy atom. The highest BCUT2D eigenvalue weighted by Crippen LogP contribution is 2.29. The summed E-state index contributed by atoms with van der Waals surface area (Å²) < 4.78 is 27.8. The first-order valence-corrected chi connectivity index (χ1v) is 13.1. The summed E-state index contributed by atoms with van der Waals surface area (Å²) >= 11 is 6.01. The molecular weight excluding hydrogens is 493 g/mol. The van der Waals surface area contributed by atoms with Crippen molar-refractivity contribution in [3.8, 4) is 0 Å². The summed E-state index contributed by atoms with van der Waals surface area (Å²) in [7, 11) is -3.56. The van der Waals surface area contributed by atoms with Gasteiger partial charge in [-0.3, -0.25) is 4.79 Å². The van der Waals surface area contributed by atoms with Crippen molar-refractivity contribution >= 4 is 56.2 Å². The maximum atomic E-state index is 12.9. The van der Waals surface area contributed by atoms with Crippen LogP contribution in [0.5, 0.6) is 0 Å². The molecule has 1 amide bonds. The summed E-state index contributed by atoms with van der Waals surface area (Å²) in [6, 6.07) is 16.3. The molecule has 0 aliphatic carbocycles. The minimum Gasteiger partial charge on any atom is -0.343 e. The fourth-order valence-corrected chi connectivity index (χ4v) is 6.01. The maximum Gasteiger partial charge on any atom is 0.223 e. The number of benzene rings is 2. The molecule has 34 heavy (non-hydrogen) atoms. The molecule has 0 bridgehead atoms. The van der Waals surface area contributed by atoms with Gasteiger partial charge in [0.25, 0.3) is 0 Å². The number of rotatable bonds is 5. The lowest BCUT2D eigenvalue weighted by atomic mass is 9.93. The molecule has 2 aromatic heterocycles. The molecule has 0 radical (unpaired) electrons. The number of piperidine rings is 1. The van der Waals surface area contributed by atoms with E-state index in [0.29, 0.717) is 24.0 Å². The zero-order valence-electron chi connectivity index (χ0n) is 18.4. The van der Waals surface area contributed by atoms with Crippen LogP contribution in [0.4, 0.5) is 0 Å². The number of pyridine rings is 1. The number of fused-ring (bicyclic) bond motifs is 2. The average molecular weight is 518 g/mol. The first-order chi connectivity index (χ1) is 15.9. The Morgan fingerprint density at radius 3 is 2.56 bits per heavy atom. The van der Waals surface area contributed by atoms with E-state index in [9.17, 15) is 13.2 Å². The summed E-state index contributed by atoms with van der Waals surface area (Å²) in [6.45, 7) is 1.25. The summed E-state index contributed by atoms with van der Waals surface area (Å²) in [4.78, 5) is 19.2. The van der Waals surface area contributed by atoms with Crippen molar-refractivity contribution in [1.82, 2.24) is 14.3 Å². The van der Waals surface area contributed by atoms with Crippen molar-refractivity contribution in [2.45, 2.75) is 30.1 Å². The Morgan fingerprint density at radius 2 is 1.76 bits per heavy atom. The normalized spacial score (nSPS) is 14.9. The highest BCUT2D eigenvalue weighted by atomic mass is 35.5. The lowest BCUT2D eigenvalue weighted by molar-refractivity contribution is -0.131. The molecule has 0 unspecified atom stereocenters. The van der Waals surface area contributed by atoms with E-state index in [1.165, 1.54) is 0 Å². The number of carbonyl (C=O) groups excluding carboxylic acids is 1. The maximum absolute atomic E-state index is 12.9. The minimum atomic E-state index is -3.56. The second-order valence-electron chi connectivity index (χ2n) is 8.49. The largest absolute Gasteiger partial charge is 0.343 e. The Hall–Kier alpha value is -2.61. The molecule has 1 aliphatic heterocycles. The first kappa shape index (κ1) is 24.5. The van der Waals surface area contributed by atoms with Crippen molar-refractivity contribution in [3.63, 3.8) is 0 Å². The molecule has 9 heteroatoms. The van der Waals surface area contributed by atoms with Crippen molar-refractivity contribution < 1.29 is 13.2 Å². The highest BCUT2D eigenvalue weighted by molar-refractivity contribution is 7.91. The van der Waals surface area contributed by atoms with Crippen LogP contribution in [-0.2, 0) is 14.6 Å². The number of imidazole rings is 1. The fraction of sp³-hybridized carbons (Fsp3) is 0.280. The van der Waals surface area contributed by atoms with Crippen LogP contribution >= 0.6 is 24.0 Å². The van der Waals surface area contributed by atoms with Crippen LogP contribution in [-0.4, -0.2) is 47.5 Å². The number of halogens is 2. The van der Waals surface area contributed by atoms with Crippen LogP contribution in [0.2, 0.25) is 5.02 Å². The first-order valence-electron chi connectivity index (χ1n) is 11.0. The van der Waals surface area contributed by atoms with Gasteiger partial charge in [-0.05, 0) is 60.0 Å². The van der Waals surface area contributed by atoms with Crippen molar-refractivity contribution in [2.24, 2.45) is 0 Å². The second-order valence-corrected chi connectivity index (χ2v) is 11.0. The molecule has 3 heterocycles. The minimum absolute atomic E-state index is 0. The number of hydrogen-bond donors (Lipinski definition) is 0. The molecule has 4 aromatic rings. The fourth-order valence-electron chi connectivity index (χ4n) is 4.56. The molecule has 1 fully saturated rings. The number of carbonyl (C=O) groups is 1. The molecule has 178 valence electrons. The van der Waals surface area contributed by atoms with Crippen molar-refractivity contribution in [3.05, 3.63) is 77.7 Å². The van der Waals surface area contributed by atoms with Crippen LogP contribution in [0.1, 0.15) is 30.9 Å². The second kappa shape index (κ2) is 9.94. The van der Waals surface area contributed by atoms with Gasteiger partial charge >= 0.3 is 0 Å². The van der Waals surface area contributed by atoms with Gasteiger partial charge in [0.05, 0.1) is 10.6 Å². The Labute approximate surface area is 209 Å². The van der Waals surface area contributed by atoms with Gasteiger partial charge in [0.15, 0.2) is 9.84 Å². The van der Waals surface area contributed by atoms with E-state index in [1.807, 2.05) is 30.6 Å². The van der Waals surface area contributed by atoms with Crippen LogP contribution < -0.4 is 0 Å². The Balaban J connectivity index is 0.00000274. The number of nitrogens with zero attached hydrogens (tertiary/aromatic N) is 3. The molecule has 5 rings (SSSR count). The molecule has 0 saturated carbocycles. The standard InChI is InChI=1S/C25H24ClN3O3S.ClH/c26-21-6-4-20-16-22(7-5-19(20)15-21)33(31,32)14-10-25(30)28-12-8-18(9-13-28)23-17-27-24-3-1-2-11-29(23)24;/h1-7,11,15-18H,8-10,12-14H2;1H. The summed E-state index contributed by atoms with van der Waals surface area (Å²) in [5, 5.41) is 2.29. The van der Waals surface area contributed by atoms with Gasteiger partial charge in [-0.1, -0.05) is 29.8 Å². The quantitative estimate of drug-likeness (QED) is 0.367. The molecule has 0 atom stereocenters. The van der Waals surface area contributed by atoms with E-state index in [2.05, 4.69) is 9.38 Å². The van der Waals surface area contributed by atoms with Crippen LogP contribution in [0.25, 0.3) is 16.4 Å². The van der Waals surface area contributed by atoms with Crippen LogP contribution in [0.3, 0.4) is 0 Å². The predicted octanol–water partition coefficient (Wildman–Crippen LogP) is 5.13. The number of hydrogen-bond acceptors (Lipinski definition) is 4. The van der Waals surface area contributed by atoms with E-state index in [0.717, 1.165) is 35.0 Å². The third-order valence-corrected chi connectivity index (χ3v) is 8.38. The van der Waals surface area contributed by atoms with Gasteiger partial charge in [-0.2, -0.15) is 0 Å². The van der Waals surface area contributed by atoms with Crippen LogP contribution in [0, 0.1) is 0 Å². The zero-order chi connectivity index (χ0) is 23.0. The van der Waals surface area contributed by atoms with Gasteiger partial charge in [-0.25, -0.2) is 13.4 Å². The van der Waals surface area contributed by atoms with Gasteiger partial charge in [0, 0.05) is 48.5 Å². The summed E-state index contributed by atoms with van der Waals surface area (Å²) in [5.41, 5.74) is 2.09. The number of amides is 1. The molecular formula is C25H25Cl2N3O3S. The van der Waals surface area contributed by atoms with Crippen LogP contribution in [0.15, 0.2) is 71.9 Å². The predicted molar refractivity (Wildman–Crippen MR) is 137 cm³/mol. The number of likely N-dealkylation sites (tertiary alicyclic amines) is 1. The van der Waals surface area contributed by atoms with Crippen molar-refractivity contribution in [1.29, 1.82) is 0 Å². The molecule has 0 spiro atoms. The highest BCUT2D eigenvalue weighted by Gasteiger charge is 2.27. The van der Waals surface area contributed by atoms with Gasteiger partial charge < -0.3 is 9.30 Å². The number of sulfone groups is 1. The third kappa shape index (κ3) is 4.92. The van der Waals surface area contributed by atoms with E-state index < -0.39 is 9.84 Å². The van der Waals surface area contributed by atoms with Gasteiger partial charge in [0.2, 0.25) is 5.91 Å². The van der Waals surface area contributed by atoms with Gasteiger partial charge in [-0.15, -0.1) is 12.4 Å². The topological polar surface area (TPSA) is 71.8 Å². The van der Waals surface area contributed by atoms with E-state index >= 15 is 0 Å². The summed E-state index contributed by atoms with van der Waals surface area (Å²) in [6.07, 6.45) is 5.60. The molecule has 2 aromatic carbocycles. The monoisotopic (exact) mass is 517 g/mol.